The summed E-state index contributed by atoms with van der Waals surface area (Å²) in [5.74, 6) is 4.52. The van der Waals surface area contributed by atoms with Crippen molar-refractivity contribution in [3.8, 4) is 0 Å². The van der Waals surface area contributed by atoms with E-state index in [2.05, 4.69) is 88.0 Å². The number of hydrogen-bond acceptors (Lipinski definition) is 9. The molecule has 54 heavy (non-hydrogen) atoms. The van der Waals surface area contributed by atoms with Crippen LogP contribution < -0.4 is 19.6 Å². The fourth-order valence-corrected chi connectivity index (χ4v) is 11.6. The second kappa shape index (κ2) is 14.4. The van der Waals surface area contributed by atoms with E-state index < -0.39 is 5.60 Å². The number of nitrogens with zero attached hydrogens (tertiary/aromatic N) is 7. The van der Waals surface area contributed by atoms with Gasteiger partial charge in [0, 0.05) is 103 Å². The van der Waals surface area contributed by atoms with E-state index in [0.29, 0.717) is 18.3 Å². The summed E-state index contributed by atoms with van der Waals surface area (Å²) in [7, 11) is 4.19. The number of anilines is 4. The Balaban J connectivity index is 0.915. The number of rotatable bonds is 8. The molecule has 2 saturated carbocycles. The molecule has 9 heteroatoms. The highest BCUT2D eigenvalue weighted by atomic mass is 16.3. The van der Waals surface area contributed by atoms with E-state index in [0.717, 1.165) is 115 Å². The van der Waals surface area contributed by atoms with Gasteiger partial charge < -0.3 is 24.7 Å². The molecule has 7 aliphatic rings. The molecule has 1 N–H and O–H groups in total. The number of ketones is 1. The zero-order valence-electron chi connectivity index (χ0n) is 33.0. The largest absolute Gasteiger partial charge is 0.385 e. The smallest absolute Gasteiger partial charge is 0.229 e. The summed E-state index contributed by atoms with van der Waals surface area (Å²) in [5, 5.41) is 12.7. The number of aromatic nitrogens is 2. The minimum Gasteiger partial charge on any atom is -0.385 e. The lowest BCUT2D eigenvalue weighted by atomic mass is 9.51. The van der Waals surface area contributed by atoms with Gasteiger partial charge in [-0.25, -0.2) is 0 Å². The Morgan fingerprint density at radius 2 is 1.52 bits per heavy atom. The molecule has 4 aliphatic carbocycles. The van der Waals surface area contributed by atoms with E-state index >= 15 is 0 Å². The van der Waals surface area contributed by atoms with E-state index in [9.17, 15) is 9.90 Å². The monoisotopic (exact) mass is 731 g/mol. The van der Waals surface area contributed by atoms with Crippen molar-refractivity contribution in [2.24, 2.45) is 17.3 Å². The van der Waals surface area contributed by atoms with Gasteiger partial charge in [0.1, 0.15) is 11.6 Å². The zero-order valence-corrected chi connectivity index (χ0v) is 33.0. The van der Waals surface area contributed by atoms with Crippen molar-refractivity contribution in [2.45, 2.75) is 89.1 Å². The van der Waals surface area contributed by atoms with E-state index in [4.69, 9.17) is 9.97 Å². The van der Waals surface area contributed by atoms with Crippen molar-refractivity contribution in [1.29, 1.82) is 0 Å². The second-order valence-electron chi connectivity index (χ2n) is 17.9. The first-order chi connectivity index (χ1) is 26.2. The molecule has 288 valence electrons. The molecule has 1 aromatic heterocycles. The van der Waals surface area contributed by atoms with E-state index in [1.54, 1.807) is 5.57 Å². The van der Waals surface area contributed by atoms with Crippen LogP contribution in [0.3, 0.4) is 0 Å². The molecule has 0 spiro atoms. The minimum absolute atomic E-state index is 0.222. The highest BCUT2D eigenvalue weighted by Gasteiger charge is 2.62. The summed E-state index contributed by atoms with van der Waals surface area (Å²) < 4.78 is 0. The van der Waals surface area contributed by atoms with E-state index in [1.807, 2.05) is 6.08 Å². The van der Waals surface area contributed by atoms with E-state index in [1.165, 1.54) is 48.1 Å². The lowest BCUT2D eigenvalue weighted by molar-refractivity contribution is -0.114. The first kappa shape index (κ1) is 36.0. The van der Waals surface area contributed by atoms with Gasteiger partial charge in [0.25, 0.3) is 0 Å². The standard InChI is InChI=1S/C45H61N7O2/c1-44-31-38(32-9-12-34(13-10-32)48(2)3)42-36-16-14-35(53)29-33(36)11-15-37(42)39(44)17-19-45(44,54)18-8-20-49-25-27-51(28-26-49)41-30-40(50-21-4-5-22-50)46-43(47-41)52-23-6-7-24-52/h8-10,12-13,18,29-30,37-39,54H,4-7,11,14-17,19-28,31H2,1-3H3/t37-,38+,39-,44-,45-/m0/s1. The maximum Gasteiger partial charge on any atom is 0.229 e. The van der Waals surface area contributed by atoms with Gasteiger partial charge in [-0.15, -0.1) is 0 Å². The predicted octanol–water partition coefficient (Wildman–Crippen LogP) is 6.75. The molecule has 0 unspecified atom stereocenters. The minimum atomic E-state index is -0.838. The van der Waals surface area contributed by atoms with Crippen molar-refractivity contribution in [2.75, 3.05) is 92.6 Å². The second-order valence-corrected chi connectivity index (χ2v) is 17.9. The number of aliphatic hydroxyl groups is 1. The number of carbonyl (C=O) groups is 1. The molecule has 0 radical (unpaired) electrons. The molecule has 0 amide bonds. The summed E-state index contributed by atoms with van der Waals surface area (Å²) in [6.45, 7) is 11.4. The maximum atomic E-state index is 12.7. The Hall–Kier alpha value is -3.69. The highest BCUT2D eigenvalue weighted by Crippen LogP contribution is 2.67. The van der Waals surface area contributed by atoms with Crippen molar-refractivity contribution < 1.29 is 9.90 Å². The predicted molar refractivity (Wildman–Crippen MR) is 219 cm³/mol. The molecular formula is C45H61N7O2. The third-order valence-corrected chi connectivity index (χ3v) is 14.7. The van der Waals surface area contributed by atoms with Crippen LogP contribution in [-0.2, 0) is 4.79 Å². The Morgan fingerprint density at radius 1 is 0.852 bits per heavy atom. The fourth-order valence-electron chi connectivity index (χ4n) is 11.6. The van der Waals surface area contributed by atoms with Gasteiger partial charge in [0.05, 0.1) is 5.60 Å². The quantitative estimate of drug-likeness (QED) is 0.297. The van der Waals surface area contributed by atoms with Crippen LogP contribution in [0.4, 0.5) is 23.3 Å². The molecule has 2 aromatic rings. The Kier molecular flexibility index (Phi) is 9.61. The first-order valence-corrected chi connectivity index (χ1v) is 21.2. The van der Waals surface area contributed by atoms with Gasteiger partial charge in [0.15, 0.2) is 5.78 Å². The summed E-state index contributed by atoms with van der Waals surface area (Å²) in [5.41, 5.74) is 5.86. The zero-order chi connectivity index (χ0) is 37.0. The molecule has 9 nitrogen and oxygen atoms in total. The number of benzene rings is 1. The SMILES string of the molecule is CN(C)c1ccc([C@H]2C[C@@]3(C)[C@@H](CC[C@@]3(O)C=CCN3CCN(c4cc(N5CCCC5)nc(N5CCCC5)n4)CC3)[C@@H]3CCC4=CC(=O)CCC4=C32)cc1. The normalized spacial score (nSPS) is 31.6. The Morgan fingerprint density at radius 3 is 2.20 bits per heavy atom. The lowest BCUT2D eigenvalue weighted by Crippen LogP contribution is -2.51. The number of hydrogen-bond donors (Lipinski definition) is 1. The lowest BCUT2D eigenvalue weighted by Gasteiger charge is -2.54. The third kappa shape index (κ3) is 6.47. The third-order valence-electron chi connectivity index (χ3n) is 14.7. The first-order valence-electron chi connectivity index (χ1n) is 21.2. The van der Waals surface area contributed by atoms with Gasteiger partial charge in [-0.05, 0) is 111 Å². The summed E-state index contributed by atoms with van der Waals surface area (Å²) in [4.78, 5) is 34.7. The molecule has 5 atom stereocenters. The average molecular weight is 732 g/mol. The summed E-state index contributed by atoms with van der Waals surface area (Å²) in [6, 6.07) is 11.4. The van der Waals surface area contributed by atoms with Crippen LogP contribution in [0.15, 0.2) is 65.3 Å². The number of piperazine rings is 1. The molecule has 0 bridgehead atoms. The van der Waals surface area contributed by atoms with Gasteiger partial charge in [-0.3, -0.25) is 9.69 Å². The van der Waals surface area contributed by atoms with Gasteiger partial charge in [-0.2, -0.15) is 9.97 Å². The number of carbonyl (C=O) groups excluding carboxylic acids is 1. The van der Waals surface area contributed by atoms with Gasteiger partial charge in [0.2, 0.25) is 5.95 Å². The van der Waals surface area contributed by atoms with Crippen molar-refractivity contribution in [3.63, 3.8) is 0 Å². The highest BCUT2D eigenvalue weighted by molar-refractivity contribution is 5.93. The van der Waals surface area contributed by atoms with Crippen LogP contribution in [0, 0.1) is 17.3 Å². The van der Waals surface area contributed by atoms with E-state index in [-0.39, 0.29) is 17.1 Å². The topological polar surface area (TPSA) is 79.3 Å². The van der Waals surface area contributed by atoms with Crippen LogP contribution >= 0.6 is 0 Å². The van der Waals surface area contributed by atoms with Crippen LogP contribution in [0.5, 0.6) is 0 Å². The number of allylic oxidation sites excluding steroid dienone is 4. The molecule has 3 saturated heterocycles. The van der Waals surface area contributed by atoms with Gasteiger partial charge >= 0.3 is 0 Å². The van der Waals surface area contributed by atoms with Crippen LogP contribution in [0.25, 0.3) is 0 Å². The van der Waals surface area contributed by atoms with Crippen LogP contribution in [-0.4, -0.2) is 104 Å². The van der Waals surface area contributed by atoms with Gasteiger partial charge in [-0.1, -0.05) is 36.8 Å². The van der Waals surface area contributed by atoms with Crippen molar-refractivity contribution in [3.05, 3.63) is 70.8 Å². The molecular weight excluding hydrogens is 671 g/mol. The molecule has 3 aliphatic heterocycles. The molecule has 9 rings (SSSR count). The van der Waals surface area contributed by atoms with Crippen molar-refractivity contribution >= 4 is 29.1 Å². The Bertz CT molecular complexity index is 1780. The van der Waals surface area contributed by atoms with Crippen molar-refractivity contribution in [1.82, 2.24) is 14.9 Å². The summed E-state index contributed by atoms with van der Waals surface area (Å²) >= 11 is 0. The van der Waals surface area contributed by atoms with Crippen LogP contribution in [0.2, 0.25) is 0 Å². The van der Waals surface area contributed by atoms with Crippen LogP contribution in [0.1, 0.15) is 89.0 Å². The summed E-state index contributed by atoms with van der Waals surface area (Å²) in [6.07, 6.45) is 17.8. The molecule has 4 heterocycles. The fraction of sp³-hybridized carbons (Fsp3) is 0.622. The average Bonchev–Trinajstić information content (AvgIpc) is 3.97. The molecule has 5 fully saturated rings. The molecule has 1 aromatic carbocycles. The number of fused-ring (bicyclic) bond motifs is 4. The maximum absolute atomic E-state index is 12.7. The Labute approximate surface area is 322 Å².